The predicted octanol–water partition coefficient (Wildman–Crippen LogP) is 3.56. The Morgan fingerprint density at radius 1 is 1.19 bits per heavy atom. The highest BCUT2D eigenvalue weighted by atomic mass is 19.1. The largest absolute Gasteiger partial charge is 0.314 e. The smallest absolute Gasteiger partial charge is 0.126 e. The molecule has 1 unspecified atom stereocenters. The number of piperidine rings is 1. The molecule has 0 radical (unpaired) electrons. The molecule has 0 bridgehead atoms. The van der Waals surface area contributed by atoms with Crippen LogP contribution in [0.5, 0.6) is 0 Å². The van der Waals surface area contributed by atoms with Crippen molar-refractivity contribution < 1.29 is 8.78 Å². The summed E-state index contributed by atoms with van der Waals surface area (Å²) in [6.45, 7) is 8.16. The lowest BCUT2D eigenvalue weighted by Gasteiger charge is -2.35. The maximum atomic E-state index is 13.2. The first kappa shape index (κ1) is 16.4. The van der Waals surface area contributed by atoms with E-state index in [4.69, 9.17) is 0 Å². The molecule has 1 aliphatic heterocycles. The minimum atomic E-state index is -0.489. The minimum Gasteiger partial charge on any atom is -0.314 e. The maximum Gasteiger partial charge on any atom is 0.126 e. The minimum absolute atomic E-state index is 0.489. The van der Waals surface area contributed by atoms with Crippen molar-refractivity contribution in [2.45, 2.75) is 45.7 Å². The first-order valence-electron chi connectivity index (χ1n) is 7.99. The lowest BCUT2D eigenvalue weighted by molar-refractivity contribution is 0.156. The quantitative estimate of drug-likeness (QED) is 0.863. The van der Waals surface area contributed by atoms with Crippen molar-refractivity contribution in [2.75, 3.05) is 19.6 Å². The van der Waals surface area contributed by atoms with Crippen LogP contribution in [0.2, 0.25) is 0 Å². The van der Waals surface area contributed by atoms with Gasteiger partial charge in [-0.2, -0.15) is 0 Å². The van der Waals surface area contributed by atoms with Crippen LogP contribution >= 0.6 is 0 Å². The van der Waals surface area contributed by atoms with Gasteiger partial charge in [-0.1, -0.05) is 6.92 Å². The third kappa shape index (κ3) is 5.04. The van der Waals surface area contributed by atoms with Crippen LogP contribution in [0.15, 0.2) is 18.2 Å². The van der Waals surface area contributed by atoms with E-state index in [1.807, 2.05) is 0 Å². The molecular weight excluding hydrogens is 270 g/mol. The second-order valence-corrected chi connectivity index (χ2v) is 6.13. The number of likely N-dealkylation sites (tertiary alicyclic amines) is 1. The Balaban J connectivity index is 1.81. The fourth-order valence-electron chi connectivity index (χ4n) is 3.11. The third-order valence-corrected chi connectivity index (χ3v) is 4.38. The summed E-state index contributed by atoms with van der Waals surface area (Å²) in [6, 6.07) is 4.34. The predicted molar refractivity (Wildman–Crippen MR) is 82.1 cm³/mol. The fourth-order valence-corrected chi connectivity index (χ4v) is 3.11. The van der Waals surface area contributed by atoms with Gasteiger partial charge in [-0.05, 0) is 69.4 Å². The van der Waals surface area contributed by atoms with E-state index >= 15 is 0 Å². The number of rotatable bonds is 6. The van der Waals surface area contributed by atoms with Gasteiger partial charge in [0.15, 0.2) is 0 Å². The summed E-state index contributed by atoms with van der Waals surface area (Å²) in [6.07, 6.45) is 3.46. The van der Waals surface area contributed by atoms with Crippen molar-refractivity contribution in [2.24, 2.45) is 5.92 Å². The zero-order valence-electron chi connectivity index (χ0n) is 13.0. The molecular formula is C17H26F2N2. The van der Waals surface area contributed by atoms with Gasteiger partial charge in [0, 0.05) is 18.7 Å². The number of benzene rings is 1. The number of nitrogens with one attached hydrogen (secondary N) is 1. The molecule has 0 aromatic heterocycles. The zero-order chi connectivity index (χ0) is 15.2. The summed E-state index contributed by atoms with van der Waals surface area (Å²) in [5.41, 5.74) is 0.725. The molecule has 1 heterocycles. The van der Waals surface area contributed by atoms with Crippen molar-refractivity contribution in [1.29, 1.82) is 0 Å². The van der Waals surface area contributed by atoms with Gasteiger partial charge in [0.25, 0.3) is 0 Å². The molecule has 1 saturated heterocycles. The Hall–Kier alpha value is -1.00. The van der Waals surface area contributed by atoms with Crippen molar-refractivity contribution in [3.05, 3.63) is 35.4 Å². The molecule has 0 amide bonds. The maximum absolute atomic E-state index is 13.2. The Morgan fingerprint density at radius 3 is 2.38 bits per heavy atom. The average Bonchev–Trinajstić information content (AvgIpc) is 2.44. The summed E-state index contributed by atoms with van der Waals surface area (Å²) >= 11 is 0. The van der Waals surface area contributed by atoms with E-state index in [2.05, 4.69) is 24.1 Å². The molecule has 0 saturated carbocycles. The number of nitrogens with zero attached hydrogens (tertiary/aromatic N) is 1. The van der Waals surface area contributed by atoms with E-state index in [1.165, 1.54) is 12.1 Å². The van der Waals surface area contributed by atoms with Gasteiger partial charge >= 0.3 is 0 Å². The number of hydrogen-bond donors (Lipinski definition) is 1. The molecule has 0 aliphatic carbocycles. The Kier molecular flexibility index (Phi) is 6.12. The van der Waals surface area contributed by atoms with E-state index < -0.39 is 11.6 Å². The van der Waals surface area contributed by atoms with Gasteiger partial charge < -0.3 is 5.32 Å². The molecule has 1 fully saturated rings. The average molecular weight is 296 g/mol. The van der Waals surface area contributed by atoms with E-state index in [0.29, 0.717) is 18.5 Å². The van der Waals surface area contributed by atoms with E-state index in [-0.39, 0.29) is 0 Å². The number of halogens is 2. The zero-order valence-corrected chi connectivity index (χ0v) is 13.0. The summed E-state index contributed by atoms with van der Waals surface area (Å²) < 4.78 is 26.4. The van der Waals surface area contributed by atoms with Crippen LogP contribution in [-0.4, -0.2) is 30.6 Å². The van der Waals surface area contributed by atoms with Crippen LogP contribution in [0.3, 0.4) is 0 Å². The van der Waals surface area contributed by atoms with Crippen LogP contribution in [-0.2, 0) is 6.54 Å². The highest BCUT2D eigenvalue weighted by molar-refractivity contribution is 5.17. The van der Waals surface area contributed by atoms with Crippen molar-refractivity contribution in [3.8, 4) is 0 Å². The van der Waals surface area contributed by atoms with Crippen molar-refractivity contribution in [3.63, 3.8) is 0 Å². The second-order valence-electron chi connectivity index (χ2n) is 6.13. The van der Waals surface area contributed by atoms with Crippen molar-refractivity contribution in [1.82, 2.24) is 10.2 Å². The van der Waals surface area contributed by atoms with Gasteiger partial charge in [-0.3, -0.25) is 4.90 Å². The number of hydrogen-bond acceptors (Lipinski definition) is 2. The summed E-state index contributed by atoms with van der Waals surface area (Å²) in [5, 5.41) is 3.56. The molecule has 118 valence electrons. The fraction of sp³-hybridized carbons (Fsp3) is 0.647. The van der Waals surface area contributed by atoms with E-state index in [1.54, 1.807) is 0 Å². The summed E-state index contributed by atoms with van der Waals surface area (Å²) in [7, 11) is 0. The highest BCUT2D eigenvalue weighted by Gasteiger charge is 2.23. The van der Waals surface area contributed by atoms with Gasteiger partial charge in [0.1, 0.15) is 11.6 Å². The molecule has 4 heteroatoms. The Morgan fingerprint density at radius 2 is 1.81 bits per heavy atom. The molecule has 1 atom stereocenters. The third-order valence-electron chi connectivity index (χ3n) is 4.38. The summed E-state index contributed by atoms with van der Waals surface area (Å²) in [5.74, 6) is -0.272. The summed E-state index contributed by atoms with van der Waals surface area (Å²) in [4.78, 5) is 2.29. The molecule has 1 aromatic carbocycles. The van der Waals surface area contributed by atoms with Crippen LogP contribution in [0, 0.1) is 17.6 Å². The standard InChI is InChI=1S/C17H26F2N2/c1-3-6-20-13(2)15-4-7-21(8-5-15)12-14-9-16(18)11-17(19)10-14/h9-11,13,15,20H,3-8,12H2,1-2H3. The molecule has 1 aliphatic rings. The van der Waals surface area contributed by atoms with Crippen molar-refractivity contribution >= 4 is 0 Å². The van der Waals surface area contributed by atoms with E-state index in [9.17, 15) is 8.78 Å². The first-order valence-corrected chi connectivity index (χ1v) is 7.99. The topological polar surface area (TPSA) is 15.3 Å². The van der Waals surface area contributed by atoms with Crippen LogP contribution < -0.4 is 5.32 Å². The second kappa shape index (κ2) is 7.85. The molecule has 1 aromatic rings. The van der Waals surface area contributed by atoms with Crippen LogP contribution in [0.4, 0.5) is 8.78 Å². The van der Waals surface area contributed by atoms with Gasteiger partial charge in [-0.15, -0.1) is 0 Å². The van der Waals surface area contributed by atoms with Gasteiger partial charge in [0.2, 0.25) is 0 Å². The van der Waals surface area contributed by atoms with E-state index in [0.717, 1.165) is 50.5 Å². The van der Waals surface area contributed by atoms with Crippen LogP contribution in [0.25, 0.3) is 0 Å². The molecule has 0 spiro atoms. The van der Waals surface area contributed by atoms with Gasteiger partial charge in [-0.25, -0.2) is 8.78 Å². The SMILES string of the molecule is CCCNC(C)C1CCN(Cc2cc(F)cc(F)c2)CC1. The molecule has 21 heavy (non-hydrogen) atoms. The van der Waals surface area contributed by atoms with Gasteiger partial charge in [0.05, 0.1) is 0 Å². The lowest BCUT2D eigenvalue weighted by Crippen LogP contribution is -2.41. The molecule has 2 rings (SSSR count). The Bertz CT molecular complexity index is 422. The highest BCUT2D eigenvalue weighted by Crippen LogP contribution is 2.22. The lowest BCUT2D eigenvalue weighted by atomic mass is 9.90. The first-order chi connectivity index (χ1) is 10.1. The molecule has 1 N–H and O–H groups in total. The Labute approximate surface area is 126 Å². The normalized spacial score (nSPS) is 18.9. The monoisotopic (exact) mass is 296 g/mol. The van der Waals surface area contributed by atoms with Crippen LogP contribution in [0.1, 0.15) is 38.7 Å². The molecule has 2 nitrogen and oxygen atoms in total.